The fourth-order valence-corrected chi connectivity index (χ4v) is 1.34. The number of carbonyl (C=O) groups is 2. The van der Waals surface area contributed by atoms with E-state index in [0.29, 0.717) is 30.4 Å². The van der Waals surface area contributed by atoms with Gasteiger partial charge in [0.25, 0.3) is 0 Å². The van der Waals surface area contributed by atoms with Gasteiger partial charge in [0.05, 0.1) is 0 Å². The van der Waals surface area contributed by atoms with Crippen LogP contribution in [0.3, 0.4) is 0 Å². The summed E-state index contributed by atoms with van der Waals surface area (Å²) in [6, 6.07) is 4.05. The van der Waals surface area contributed by atoms with Crippen molar-refractivity contribution >= 4 is 18.3 Å². The van der Waals surface area contributed by atoms with E-state index in [1.165, 1.54) is 19.1 Å². The van der Waals surface area contributed by atoms with E-state index in [4.69, 9.17) is 0 Å². The highest BCUT2D eigenvalue weighted by molar-refractivity contribution is 5.81. The number of amides is 1. The Bertz CT molecular complexity index is 441. The van der Waals surface area contributed by atoms with Crippen molar-refractivity contribution in [2.75, 3.05) is 6.54 Å². The number of halogens is 1. The standard InChI is InChI=1S/C13H14FNO2/c1-10(17)15-7-3-2-4-11-5-6-13(14)8-12(11)9-16/h2,4-6,8-9H,3,7H2,1H3,(H,15,17). The number of hydrogen-bond donors (Lipinski definition) is 1. The van der Waals surface area contributed by atoms with Crippen LogP contribution in [0.1, 0.15) is 29.3 Å². The molecule has 1 rings (SSSR count). The van der Waals surface area contributed by atoms with E-state index < -0.39 is 5.82 Å². The molecule has 0 aliphatic heterocycles. The van der Waals surface area contributed by atoms with Crippen molar-refractivity contribution in [1.29, 1.82) is 0 Å². The van der Waals surface area contributed by atoms with Crippen molar-refractivity contribution in [2.24, 2.45) is 0 Å². The highest BCUT2D eigenvalue weighted by atomic mass is 19.1. The van der Waals surface area contributed by atoms with Crippen LogP contribution >= 0.6 is 0 Å². The lowest BCUT2D eigenvalue weighted by atomic mass is 10.1. The molecule has 1 aromatic rings. The first-order valence-electron chi connectivity index (χ1n) is 5.29. The fraction of sp³-hybridized carbons (Fsp3) is 0.231. The molecule has 0 radical (unpaired) electrons. The van der Waals surface area contributed by atoms with Crippen LogP contribution < -0.4 is 5.32 Å². The third-order valence-corrected chi connectivity index (χ3v) is 2.16. The quantitative estimate of drug-likeness (QED) is 0.628. The maximum atomic E-state index is 12.8. The highest BCUT2D eigenvalue weighted by Gasteiger charge is 1.99. The summed E-state index contributed by atoms with van der Waals surface area (Å²) in [6.45, 7) is 2.00. The molecule has 0 saturated carbocycles. The van der Waals surface area contributed by atoms with Crippen molar-refractivity contribution in [3.8, 4) is 0 Å². The first kappa shape index (κ1) is 13.1. The minimum absolute atomic E-state index is 0.0752. The van der Waals surface area contributed by atoms with Gasteiger partial charge in [-0.1, -0.05) is 18.2 Å². The molecule has 0 saturated heterocycles. The summed E-state index contributed by atoms with van der Waals surface area (Å²) in [5, 5.41) is 2.65. The Kier molecular flexibility index (Phi) is 5.07. The van der Waals surface area contributed by atoms with Crippen LogP contribution in [-0.2, 0) is 4.79 Å². The lowest BCUT2D eigenvalue weighted by Crippen LogP contribution is -2.20. The molecule has 3 nitrogen and oxygen atoms in total. The molecular formula is C13H14FNO2. The van der Waals surface area contributed by atoms with Gasteiger partial charge >= 0.3 is 0 Å². The van der Waals surface area contributed by atoms with Crippen LogP contribution in [0, 0.1) is 5.82 Å². The second-order valence-corrected chi connectivity index (χ2v) is 3.57. The fourth-order valence-electron chi connectivity index (χ4n) is 1.34. The molecule has 0 spiro atoms. The summed E-state index contributed by atoms with van der Waals surface area (Å²) in [5.74, 6) is -0.503. The van der Waals surface area contributed by atoms with Crippen molar-refractivity contribution in [3.63, 3.8) is 0 Å². The normalized spacial score (nSPS) is 10.5. The van der Waals surface area contributed by atoms with Gasteiger partial charge in [0.1, 0.15) is 5.82 Å². The maximum absolute atomic E-state index is 12.8. The van der Waals surface area contributed by atoms with Gasteiger partial charge in [-0.05, 0) is 24.1 Å². The van der Waals surface area contributed by atoms with Crippen LogP contribution in [-0.4, -0.2) is 18.7 Å². The number of hydrogen-bond acceptors (Lipinski definition) is 2. The SMILES string of the molecule is CC(=O)NCCC=Cc1ccc(F)cc1C=O. The van der Waals surface area contributed by atoms with Crippen molar-refractivity contribution < 1.29 is 14.0 Å². The molecule has 0 aliphatic carbocycles. The van der Waals surface area contributed by atoms with E-state index >= 15 is 0 Å². The monoisotopic (exact) mass is 235 g/mol. The number of aldehydes is 1. The second-order valence-electron chi connectivity index (χ2n) is 3.57. The molecule has 0 atom stereocenters. The van der Waals surface area contributed by atoms with Gasteiger partial charge in [-0.25, -0.2) is 4.39 Å². The summed E-state index contributed by atoms with van der Waals surface area (Å²) in [5.41, 5.74) is 0.991. The van der Waals surface area contributed by atoms with E-state index in [-0.39, 0.29) is 5.91 Å². The molecule has 0 bridgehead atoms. The van der Waals surface area contributed by atoms with E-state index in [2.05, 4.69) is 5.32 Å². The first-order chi connectivity index (χ1) is 8.13. The second kappa shape index (κ2) is 6.58. The Labute approximate surface area is 99.3 Å². The average molecular weight is 235 g/mol. The van der Waals surface area contributed by atoms with Crippen LogP contribution in [0.4, 0.5) is 4.39 Å². The van der Waals surface area contributed by atoms with Gasteiger partial charge in [0, 0.05) is 19.0 Å². The molecule has 0 aliphatic rings. The zero-order valence-electron chi connectivity index (χ0n) is 9.57. The topological polar surface area (TPSA) is 46.2 Å². The zero-order valence-corrected chi connectivity index (χ0v) is 9.57. The van der Waals surface area contributed by atoms with Crippen LogP contribution in [0.2, 0.25) is 0 Å². The van der Waals surface area contributed by atoms with Crippen molar-refractivity contribution in [1.82, 2.24) is 5.32 Å². The summed E-state index contributed by atoms with van der Waals surface area (Å²) in [6.07, 6.45) is 4.85. The molecule has 1 N–H and O–H groups in total. The Morgan fingerprint density at radius 2 is 2.18 bits per heavy atom. The first-order valence-corrected chi connectivity index (χ1v) is 5.29. The minimum atomic E-state index is -0.428. The molecule has 0 heterocycles. The number of rotatable bonds is 5. The van der Waals surface area contributed by atoms with Gasteiger partial charge in [-0.3, -0.25) is 9.59 Å². The van der Waals surface area contributed by atoms with Crippen molar-refractivity contribution in [2.45, 2.75) is 13.3 Å². The van der Waals surface area contributed by atoms with E-state index in [0.717, 1.165) is 0 Å². The Balaban J connectivity index is 2.58. The summed E-state index contributed by atoms with van der Waals surface area (Å²) in [7, 11) is 0. The van der Waals surface area contributed by atoms with E-state index in [1.54, 1.807) is 12.1 Å². The van der Waals surface area contributed by atoms with Crippen LogP contribution in [0.25, 0.3) is 6.08 Å². The lowest BCUT2D eigenvalue weighted by molar-refractivity contribution is -0.118. The predicted octanol–water partition coefficient (Wildman–Crippen LogP) is 2.18. The predicted molar refractivity (Wildman–Crippen MR) is 64.1 cm³/mol. The molecule has 0 fully saturated rings. The molecule has 1 aromatic carbocycles. The van der Waals surface area contributed by atoms with Gasteiger partial charge in [-0.2, -0.15) is 0 Å². The van der Waals surface area contributed by atoms with Crippen LogP contribution in [0.5, 0.6) is 0 Å². The molecule has 4 heteroatoms. The largest absolute Gasteiger partial charge is 0.356 e. The van der Waals surface area contributed by atoms with Crippen molar-refractivity contribution in [3.05, 3.63) is 41.2 Å². The summed E-state index contributed by atoms with van der Waals surface area (Å²) >= 11 is 0. The van der Waals surface area contributed by atoms with E-state index in [9.17, 15) is 14.0 Å². The van der Waals surface area contributed by atoms with Gasteiger partial charge in [0.2, 0.25) is 5.91 Å². The molecule has 0 unspecified atom stereocenters. The zero-order chi connectivity index (χ0) is 12.7. The molecule has 17 heavy (non-hydrogen) atoms. The number of benzene rings is 1. The smallest absolute Gasteiger partial charge is 0.216 e. The van der Waals surface area contributed by atoms with Gasteiger partial charge in [-0.15, -0.1) is 0 Å². The Hall–Kier alpha value is -1.97. The third-order valence-electron chi connectivity index (χ3n) is 2.16. The van der Waals surface area contributed by atoms with Gasteiger partial charge < -0.3 is 5.32 Å². The molecule has 1 amide bonds. The summed E-state index contributed by atoms with van der Waals surface area (Å²) < 4.78 is 12.8. The third kappa shape index (κ3) is 4.59. The number of nitrogens with one attached hydrogen (secondary N) is 1. The Morgan fingerprint density at radius 1 is 1.41 bits per heavy atom. The molecule has 90 valence electrons. The maximum Gasteiger partial charge on any atom is 0.216 e. The Morgan fingerprint density at radius 3 is 2.82 bits per heavy atom. The lowest BCUT2D eigenvalue weighted by Gasteiger charge is -2.00. The average Bonchev–Trinajstić information content (AvgIpc) is 2.29. The van der Waals surface area contributed by atoms with Crippen LogP contribution in [0.15, 0.2) is 24.3 Å². The van der Waals surface area contributed by atoms with E-state index in [1.807, 2.05) is 6.08 Å². The minimum Gasteiger partial charge on any atom is -0.356 e. The highest BCUT2D eigenvalue weighted by Crippen LogP contribution is 2.11. The summed E-state index contributed by atoms with van der Waals surface area (Å²) in [4.78, 5) is 21.3. The number of carbonyl (C=O) groups excluding carboxylic acids is 2. The molecule has 0 aromatic heterocycles. The molecular weight excluding hydrogens is 221 g/mol. The van der Waals surface area contributed by atoms with Gasteiger partial charge in [0.15, 0.2) is 6.29 Å².